The van der Waals surface area contributed by atoms with Crippen molar-refractivity contribution in [1.82, 2.24) is 9.97 Å². The number of pyridine rings is 1. The van der Waals surface area contributed by atoms with Gasteiger partial charge >= 0.3 is 5.97 Å². The highest BCUT2D eigenvalue weighted by Gasteiger charge is 2.30. The molecule has 1 N–H and O–H groups in total. The lowest BCUT2D eigenvalue weighted by molar-refractivity contribution is 0.0531. The molecule has 2 heterocycles. The first-order chi connectivity index (χ1) is 14.5. The SMILES string of the molecule is CCOC(=O)c1sc(NC2CC2)nc1CSc1nc(C(F)F)cc(C2CC2)c1C#N. The number of nitrogens with zero attached hydrogens (tertiary/aromatic N) is 3. The molecule has 0 aromatic carbocycles. The smallest absolute Gasteiger partial charge is 0.350 e. The average molecular weight is 451 g/mol. The van der Waals surface area contributed by atoms with E-state index in [4.69, 9.17) is 4.74 Å². The summed E-state index contributed by atoms with van der Waals surface area (Å²) >= 11 is 2.39. The van der Waals surface area contributed by atoms with Crippen molar-refractivity contribution in [3.8, 4) is 6.07 Å². The molecule has 2 aliphatic rings. The van der Waals surface area contributed by atoms with Crippen molar-refractivity contribution in [2.24, 2.45) is 0 Å². The van der Waals surface area contributed by atoms with Crippen molar-refractivity contribution in [3.63, 3.8) is 0 Å². The molecule has 30 heavy (non-hydrogen) atoms. The second-order valence-corrected chi connectivity index (χ2v) is 9.19. The molecule has 0 aliphatic heterocycles. The number of alkyl halides is 2. The van der Waals surface area contributed by atoms with E-state index in [1.54, 1.807) is 6.92 Å². The van der Waals surface area contributed by atoms with Crippen molar-refractivity contribution < 1.29 is 18.3 Å². The first kappa shape index (κ1) is 21.0. The van der Waals surface area contributed by atoms with Crippen LogP contribution >= 0.6 is 23.1 Å². The van der Waals surface area contributed by atoms with Gasteiger partial charge in [0.1, 0.15) is 21.7 Å². The maximum atomic E-state index is 13.4. The number of esters is 1. The van der Waals surface area contributed by atoms with E-state index in [0.29, 0.717) is 32.9 Å². The fourth-order valence-electron chi connectivity index (χ4n) is 3.01. The molecule has 6 nitrogen and oxygen atoms in total. The Bertz CT molecular complexity index is 997. The molecule has 4 rings (SSSR count). The van der Waals surface area contributed by atoms with Gasteiger partial charge in [0.25, 0.3) is 6.43 Å². The van der Waals surface area contributed by atoms with Crippen LogP contribution in [0.25, 0.3) is 0 Å². The van der Waals surface area contributed by atoms with E-state index in [-0.39, 0.29) is 29.0 Å². The lowest BCUT2D eigenvalue weighted by Crippen LogP contribution is -2.05. The van der Waals surface area contributed by atoms with Crippen LogP contribution in [0.15, 0.2) is 11.1 Å². The highest BCUT2D eigenvalue weighted by molar-refractivity contribution is 7.98. The van der Waals surface area contributed by atoms with Gasteiger partial charge in [0.15, 0.2) is 5.13 Å². The van der Waals surface area contributed by atoms with E-state index >= 15 is 0 Å². The van der Waals surface area contributed by atoms with Gasteiger partial charge in [0.2, 0.25) is 0 Å². The number of carbonyl (C=O) groups excluding carboxylic acids is 1. The van der Waals surface area contributed by atoms with Crippen LogP contribution in [0.5, 0.6) is 0 Å². The van der Waals surface area contributed by atoms with Gasteiger partial charge in [-0.2, -0.15) is 5.26 Å². The zero-order chi connectivity index (χ0) is 21.3. The molecule has 2 saturated carbocycles. The van der Waals surface area contributed by atoms with Crippen molar-refractivity contribution in [2.75, 3.05) is 11.9 Å². The topological polar surface area (TPSA) is 87.9 Å². The summed E-state index contributed by atoms with van der Waals surface area (Å²) in [7, 11) is 0. The highest BCUT2D eigenvalue weighted by atomic mass is 32.2. The van der Waals surface area contributed by atoms with Gasteiger partial charge in [-0.05, 0) is 50.2 Å². The van der Waals surface area contributed by atoms with Crippen LogP contribution in [0.3, 0.4) is 0 Å². The van der Waals surface area contributed by atoms with Crippen LogP contribution in [-0.4, -0.2) is 28.6 Å². The Morgan fingerprint density at radius 1 is 1.40 bits per heavy atom. The van der Waals surface area contributed by atoms with Crippen LogP contribution in [0.4, 0.5) is 13.9 Å². The minimum absolute atomic E-state index is 0.142. The van der Waals surface area contributed by atoms with Crippen LogP contribution in [0, 0.1) is 11.3 Å². The van der Waals surface area contributed by atoms with Gasteiger partial charge in [-0.25, -0.2) is 23.5 Å². The maximum Gasteiger partial charge on any atom is 0.350 e. The molecule has 0 bridgehead atoms. The molecule has 2 aromatic rings. The number of anilines is 1. The quantitative estimate of drug-likeness (QED) is 0.411. The molecule has 2 fully saturated rings. The number of rotatable bonds is 9. The minimum atomic E-state index is -2.71. The third kappa shape index (κ3) is 4.73. The first-order valence-corrected chi connectivity index (χ1v) is 11.6. The molecular weight excluding hydrogens is 430 g/mol. The summed E-state index contributed by atoms with van der Waals surface area (Å²) in [4.78, 5) is 21.3. The first-order valence-electron chi connectivity index (χ1n) is 9.79. The molecule has 0 unspecified atom stereocenters. The predicted octanol–water partition coefficient (Wildman–Crippen LogP) is 5.27. The predicted molar refractivity (Wildman–Crippen MR) is 110 cm³/mol. The van der Waals surface area contributed by atoms with Crippen LogP contribution in [-0.2, 0) is 10.5 Å². The van der Waals surface area contributed by atoms with Crippen LogP contribution in [0.1, 0.15) is 77.1 Å². The minimum Gasteiger partial charge on any atom is -0.462 e. The third-order valence-electron chi connectivity index (χ3n) is 4.80. The number of carbonyl (C=O) groups is 1. The van der Waals surface area contributed by atoms with Crippen molar-refractivity contribution in [1.29, 1.82) is 5.26 Å². The van der Waals surface area contributed by atoms with E-state index in [0.717, 1.165) is 37.4 Å². The molecule has 0 saturated heterocycles. The Kier molecular flexibility index (Phi) is 6.20. The van der Waals surface area contributed by atoms with E-state index in [1.165, 1.54) is 17.4 Å². The summed E-state index contributed by atoms with van der Waals surface area (Å²) in [5.41, 5.74) is 1.17. The largest absolute Gasteiger partial charge is 0.462 e. The summed E-state index contributed by atoms with van der Waals surface area (Å²) < 4.78 is 31.9. The Morgan fingerprint density at radius 3 is 2.77 bits per heavy atom. The zero-order valence-electron chi connectivity index (χ0n) is 16.3. The van der Waals surface area contributed by atoms with E-state index in [1.807, 2.05) is 0 Å². The standard InChI is InChI=1S/C20H20F2N4O2S2/c1-2-28-19(27)16-15(26-20(30-16)24-11-5-6-11)9-29-18-13(8-23)12(10-3-4-10)7-14(25-18)17(21)22/h7,10-11,17H,2-6,9H2,1H3,(H,24,26). The lowest BCUT2D eigenvalue weighted by atomic mass is 10.1. The molecule has 0 spiro atoms. The molecule has 2 aliphatic carbocycles. The normalized spacial score (nSPS) is 15.8. The fourth-order valence-corrected chi connectivity index (χ4v) is 5.02. The molecule has 2 aromatic heterocycles. The molecule has 0 atom stereocenters. The van der Waals surface area contributed by atoms with Crippen molar-refractivity contribution >= 4 is 34.2 Å². The number of nitriles is 1. The number of thiazole rings is 1. The van der Waals surface area contributed by atoms with Gasteiger partial charge in [0.05, 0.1) is 17.9 Å². The van der Waals surface area contributed by atoms with Gasteiger partial charge in [-0.3, -0.25) is 0 Å². The molecular formula is C20H20F2N4O2S2. The number of thioether (sulfide) groups is 1. The lowest BCUT2D eigenvalue weighted by Gasteiger charge is -2.11. The van der Waals surface area contributed by atoms with Crippen LogP contribution in [0.2, 0.25) is 0 Å². The van der Waals surface area contributed by atoms with Crippen LogP contribution < -0.4 is 5.32 Å². The van der Waals surface area contributed by atoms with Gasteiger partial charge in [-0.1, -0.05) is 23.1 Å². The number of hydrogen-bond donors (Lipinski definition) is 1. The molecule has 10 heteroatoms. The summed E-state index contributed by atoms with van der Waals surface area (Å²) in [6, 6.07) is 3.87. The second kappa shape index (κ2) is 8.86. The number of nitrogens with one attached hydrogen (secondary N) is 1. The second-order valence-electron chi connectivity index (χ2n) is 7.23. The number of aromatic nitrogens is 2. The fraction of sp³-hybridized carbons (Fsp3) is 0.500. The molecule has 0 amide bonds. The number of halogens is 2. The highest BCUT2D eigenvalue weighted by Crippen LogP contribution is 2.44. The summed E-state index contributed by atoms with van der Waals surface area (Å²) in [5.74, 6) is -0.0822. The Balaban J connectivity index is 1.61. The zero-order valence-corrected chi connectivity index (χ0v) is 17.9. The third-order valence-corrected chi connectivity index (χ3v) is 6.79. The van der Waals surface area contributed by atoms with E-state index in [9.17, 15) is 18.8 Å². The van der Waals surface area contributed by atoms with Gasteiger partial charge in [-0.15, -0.1) is 0 Å². The van der Waals surface area contributed by atoms with Gasteiger partial charge < -0.3 is 10.1 Å². The average Bonchev–Trinajstić information content (AvgIpc) is 3.64. The Morgan fingerprint density at radius 2 is 2.17 bits per heavy atom. The van der Waals surface area contributed by atoms with Gasteiger partial charge in [0, 0.05) is 11.8 Å². The number of hydrogen-bond acceptors (Lipinski definition) is 8. The van der Waals surface area contributed by atoms with E-state index in [2.05, 4.69) is 21.4 Å². The Hall–Kier alpha value is -2.25. The summed E-state index contributed by atoms with van der Waals surface area (Å²) in [6.07, 6.45) is 1.20. The number of ether oxygens (including phenoxy) is 1. The molecule has 158 valence electrons. The summed E-state index contributed by atoms with van der Waals surface area (Å²) in [5, 5.41) is 13.8. The van der Waals surface area contributed by atoms with Crippen molar-refractivity contribution in [2.45, 2.75) is 61.8 Å². The van der Waals surface area contributed by atoms with Crippen molar-refractivity contribution in [3.05, 3.63) is 33.5 Å². The maximum absolute atomic E-state index is 13.4. The monoisotopic (exact) mass is 450 g/mol. The summed E-state index contributed by atoms with van der Waals surface area (Å²) in [6.45, 7) is 1.98. The molecule has 0 radical (unpaired) electrons. The van der Waals surface area contributed by atoms with E-state index < -0.39 is 12.4 Å². The Labute approximate surface area is 181 Å².